The zero-order chi connectivity index (χ0) is 16.4. The number of rotatable bonds is 4. The molecule has 7 heteroatoms. The summed E-state index contributed by atoms with van der Waals surface area (Å²) in [5.74, 6) is -2.38. The van der Waals surface area contributed by atoms with Crippen LogP contribution in [-0.4, -0.2) is 19.1 Å². The molecular weight excluding hydrogens is 308 g/mol. The van der Waals surface area contributed by atoms with E-state index < -0.39 is 23.1 Å². The van der Waals surface area contributed by atoms with Crippen LogP contribution in [0, 0.1) is 11.6 Å². The van der Waals surface area contributed by atoms with E-state index in [0.717, 1.165) is 12.1 Å². The van der Waals surface area contributed by atoms with Gasteiger partial charge in [-0.2, -0.15) is 0 Å². The lowest BCUT2D eigenvalue weighted by Gasteiger charge is -2.19. The molecule has 1 amide bonds. The third-order valence-electron chi connectivity index (χ3n) is 3.30. The molecule has 2 aromatic rings. The number of nitrogens with two attached hydrogens (primary N) is 1. The maximum Gasteiger partial charge on any atom is 0.254 e. The van der Waals surface area contributed by atoms with Gasteiger partial charge in [0.2, 0.25) is 0 Å². The quantitative estimate of drug-likeness (QED) is 0.939. The second-order valence-corrected chi connectivity index (χ2v) is 4.87. The van der Waals surface area contributed by atoms with Gasteiger partial charge in [0.05, 0.1) is 0 Å². The first kappa shape index (κ1) is 15.1. The lowest BCUT2D eigenvalue weighted by Crippen LogP contribution is -2.16. The molecular formula is C16H13F2NO4. The summed E-state index contributed by atoms with van der Waals surface area (Å²) in [5, 5.41) is 0. The van der Waals surface area contributed by atoms with Crippen LogP contribution in [0.25, 0.3) is 0 Å². The van der Waals surface area contributed by atoms with Crippen LogP contribution in [0.1, 0.15) is 15.9 Å². The van der Waals surface area contributed by atoms with Crippen molar-refractivity contribution in [2.45, 2.75) is 6.61 Å². The third kappa shape index (κ3) is 3.03. The summed E-state index contributed by atoms with van der Waals surface area (Å²) in [6.45, 7) is 0.947. The predicted molar refractivity (Wildman–Crippen MR) is 76.6 cm³/mol. The van der Waals surface area contributed by atoms with E-state index in [1.165, 1.54) is 0 Å². The number of hydrogen-bond acceptors (Lipinski definition) is 4. The number of carbonyl (C=O) groups excluding carboxylic acids is 1. The second-order valence-electron chi connectivity index (χ2n) is 4.87. The van der Waals surface area contributed by atoms with E-state index in [4.69, 9.17) is 19.9 Å². The summed E-state index contributed by atoms with van der Waals surface area (Å²) in [5.41, 5.74) is 4.85. The van der Waals surface area contributed by atoms with Crippen LogP contribution in [0.15, 0.2) is 30.3 Å². The molecule has 1 aliphatic heterocycles. The van der Waals surface area contributed by atoms with Crippen molar-refractivity contribution < 1.29 is 27.8 Å². The Balaban J connectivity index is 1.78. The molecule has 0 radical (unpaired) electrons. The van der Waals surface area contributed by atoms with Crippen LogP contribution in [-0.2, 0) is 6.61 Å². The van der Waals surface area contributed by atoms with Crippen LogP contribution in [0.5, 0.6) is 17.2 Å². The van der Waals surface area contributed by atoms with Gasteiger partial charge in [-0.05, 0) is 29.8 Å². The average Bonchev–Trinajstić information content (AvgIpc) is 2.53. The first-order valence-corrected chi connectivity index (χ1v) is 6.85. The Morgan fingerprint density at radius 3 is 2.61 bits per heavy atom. The minimum absolute atomic E-state index is 0.0113. The molecule has 1 aliphatic rings. The molecule has 0 saturated heterocycles. The van der Waals surface area contributed by atoms with Crippen molar-refractivity contribution in [2.75, 3.05) is 13.2 Å². The van der Waals surface area contributed by atoms with Gasteiger partial charge in [0.25, 0.3) is 5.91 Å². The van der Waals surface area contributed by atoms with Crippen molar-refractivity contribution in [3.05, 3.63) is 53.1 Å². The Labute approximate surface area is 130 Å². The predicted octanol–water partition coefficient (Wildman–Crippen LogP) is 2.41. The van der Waals surface area contributed by atoms with Gasteiger partial charge in [-0.3, -0.25) is 4.79 Å². The number of halogens is 2. The largest absolute Gasteiger partial charge is 0.486 e. The topological polar surface area (TPSA) is 70.8 Å². The summed E-state index contributed by atoms with van der Waals surface area (Å²) in [7, 11) is 0. The zero-order valence-corrected chi connectivity index (χ0v) is 12.0. The molecule has 1 heterocycles. The minimum atomic E-state index is -1.19. The number of carbonyl (C=O) groups is 1. The van der Waals surface area contributed by atoms with Gasteiger partial charge in [0.15, 0.2) is 23.1 Å². The number of ether oxygens (including phenoxy) is 3. The van der Waals surface area contributed by atoms with E-state index in [-0.39, 0.29) is 12.4 Å². The van der Waals surface area contributed by atoms with Crippen LogP contribution >= 0.6 is 0 Å². The van der Waals surface area contributed by atoms with Gasteiger partial charge in [-0.15, -0.1) is 0 Å². The molecule has 2 aromatic carbocycles. The molecule has 2 N–H and O–H groups in total. The fourth-order valence-corrected chi connectivity index (χ4v) is 2.21. The zero-order valence-electron chi connectivity index (χ0n) is 12.0. The van der Waals surface area contributed by atoms with E-state index in [1.807, 2.05) is 0 Å². The highest BCUT2D eigenvalue weighted by molar-refractivity contribution is 5.93. The number of fused-ring (bicyclic) bond motifs is 1. The van der Waals surface area contributed by atoms with Crippen molar-refractivity contribution in [3.63, 3.8) is 0 Å². The van der Waals surface area contributed by atoms with Crippen molar-refractivity contribution in [2.24, 2.45) is 5.73 Å². The molecule has 0 aromatic heterocycles. The normalized spacial score (nSPS) is 12.8. The van der Waals surface area contributed by atoms with Crippen molar-refractivity contribution in [3.8, 4) is 17.2 Å². The SMILES string of the molecule is NC(=O)c1c(F)ccc(OCc2ccc3c(c2)OCCO3)c1F. The molecule has 0 aliphatic carbocycles. The highest BCUT2D eigenvalue weighted by Crippen LogP contribution is 2.31. The van der Waals surface area contributed by atoms with Crippen LogP contribution < -0.4 is 19.9 Å². The fourth-order valence-electron chi connectivity index (χ4n) is 2.21. The van der Waals surface area contributed by atoms with Gasteiger partial charge in [-0.25, -0.2) is 8.78 Å². The van der Waals surface area contributed by atoms with E-state index in [1.54, 1.807) is 18.2 Å². The van der Waals surface area contributed by atoms with Gasteiger partial charge >= 0.3 is 0 Å². The maximum absolute atomic E-state index is 14.0. The van der Waals surface area contributed by atoms with Crippen molar-refractivity contribution >= 4 is 5.91 Å². The molecule has 0 unspecified atom stereocenters. The van der Waals surface area contributed by atoms with Crippen molar-refractivity contribution in [1.82, 2.24) is 0 Å². The molecule has 3 rings (SSSR count). The molecule has 23 heavy (non-hydrogen) atoms. The Bertz CT molecular complexity index is 764. The van der Waals surface area contributed by atoms with Gasteiger partial charge in [-0.1, -0.05) is 6.07 Å². The molecule has 0 saturated carbocycles. The number of primary amides is 1. The average molecular weight is 321 g/mol. The lowest BCUT2D eigenvalue weighted by molar-refractivity contribution is 0.0991. The number of benzene rings is 2. The summed E-state index contributed by atoms with van der Waals surface area (Å²) in [6.07, 6.45) is 0. The summed E-state index contributed by atoms with van der Waals surface area (Å²) in [6, 6.07) is 7.22. The molecule has 0 spiro atoms. The third-order valence-corrected chi connectivity index (χ3v) is 3.30. The van der Waals surface area contributed by atoms with E-state index >= 15 is 0 Å². The Morgan fingerprint density at radius 1 is 1.13 bits per heavy atom. The first-order valence-electron chi connectivity index (χ1n) is 6.85. The Kier molecular flexibility index (Phi) is 4.01. The molecule has 0 bridgehead atoms. The summed E-state index contributed by atoms with van der Waals surface area (Å²) >= 11 is 0. The monoisotopic (exact) mass is 321 g/mol. The van der Waals surface area contributed by atoms with Crippen LogP contribution in [0.3, 0.4) is 0 Å². The molecule has 120 valence electrons. The fraction of sp³-hybridized carbons (Fsp3) is 0.188. The minimum Gasteiger partial charge on any atom is -0.486 e. The van der Waals surface area contributed by atoms with Gasteiger partial charge in [0, 0.05) is 0 Å². The summed E-state index contributed by atoms with van der Waals surface area (Å²) in [4.78, 5) is 11.1. The van der Waals surface area contributed by atoms with E-state index in [9.17, 15) is 13.6 Å². The summed E-state index contributed by atoms with van der Waals surface area (Å²) < 4.78 is 43.6. The first-order chi connectivity index (χ1) is 11.1. The number of amides is 1. The number of hydrogen-bond donors (Lipinski definition) is 1. The second kappa shape index (κ2) is 6.12. The standard InChI is InChI=1S/C16H13F2NO4/c17-10-2-4-12(15(18)14(10)16(19)20)23-8-9-1-3-11-13(7-9)22-6-5-21-11/h1-4,7H,5-6,8H2,(H2,19,20). The highest BCUT2D eigenvalue weighted by atomic mass is 19.1. The smallest absolute Gasteiger partial charge is 0.254 e. The molecule has 5 nitrogen and oxygen atoms in total. The van der Waals surface area contributed by atoms with Crippen LogP contribution in [0.4, 0.5) is 8.78 Å². The highest BCUT2D eigenvalue weighted by Gasteiger charge is 2.19. The van der Waals surface area contributed by atoms with Gasteiger partial charge in [0.1, 0.15) is 31.2 Å². The Morgan fingerprint density at radius 2 is 1.87 bits per heavy atom. The van der Waals surface area contributed by atoms with Gasteiger partial charge < -0.3 is 19.9 Å². The maximum atomic E-state index is 14.0. The lowest BCUT2D eigenvalue weighted by atomic mass is 10.1. The van der Waals surface area contributed by atoms with E-state index in [0.29, 0.717) is 30.3 Å². The molecule has 0 atom stereocenters. The Hall–Kier alpha value is -2.83. The van der Waals surface area contributed by atoms with Crippen molar-refractivity contribution in [1.29, 1.82) is 0 Å². The van der Waals surface area contributed by atoms with E-state index in [2.05, 4.69) is 0 Å². The molecule has 0 fully saturated rings. The van der Waals surface area contributed by atoms with Crippen LogP contribution in [0.2, 0.25) is 0 Å².